The number of hydrogen-bond acceptors (Lipinski definition) is 5. The molecule has 0 aromatic rings. The maximum absolute atomic E-state index is 13.6. The fourth-order valence-corrected chi connectivity index (χ4v) is 5.32. The average molecular weight is 446 g/mol. The molecule has 2 heterocycles. The van der Waals surface area contributed by atoms with E-state index in [4.69, 9.17) is 0 Å². The number of hydrogen-bond donors (Lipinski definition) is 3. The highest BCUT2D eigenvalue weighted by Crippen LogP contribution is 2.37. The number of carbonyl (C=O) groups excluding carboxylic acids is 1. The van der Waals surface area contributed by atoms with E-state index in [-0.39, 0.29) is 29.8 Å². The molecule has 1 aliphatic carbocycles. The Kier molecular flexibility index (Phi) is 9.18. The van der Waals surface area contributed by atoms with Gasteiger partial charge in [-0.1, -0.05) is 6.08 Å². The molecule has 31 heavy (non-hydrogen) atoms. The van der Waals surface area contributed by atoms with E-state index >= 15 is 0 Å². The van der Waals surface area contributed by atoms with Gasteiger partial charge >= 0.3 is 6.55 Å². The molecule has 4 atom stereocenters. The highest BCUT2D eigenvalue weighted by molar-refractivity contribution is 5.87. The van der Waals surface area contributed by atoms with Crippen LogP contribution in [-0.2, 0) is 4.79 Å². The summed E-state index contributed by atoms with van der Waals surface area (Å²) in [6.07, 6.45) is 7.23. The summed E-state index contributed by atoms with van der Waals surface area (Å²) in [5, 5.41) is 7.65. The first-order valence-electron chi connectivity index (χ1n) is 11.6. The van der Waals surface area contributed by atoms with Crippen LogP contribution in [0.1, 0.15) is 38.5 Å². The van der Waals surface area contributed by atoms with Gasteiger partial charge in [-0.3, -0.25) is 4.79 Å². The third-order valence-corrected chi connectivity index (χ3v) is 7.09. The Labute approximate surface area is 183 Å². The maximum Gasteiger partial charge on any atom is 0.306 e. The van der Waals surface area contributed by atoms with Crippen molar-refractivity contribution in [3.05, 3.63) is 12.2 Å². The Morgan fingerprint density at radius 3 is 2.58 bits per heavy atom. The van der Waals surface area contributed by atoms with Gasteiger partial charge in [-0.25, -0.2) is 9.82 Å². The van der Waals surface area contributed by atoms with E-state index in [2.05, 4.69) is 16.1 Å². The molecule has 3 fully saturated rings. The Balaban J connectivity index is 1.59. The van der Waals surface area contributed by atoms with Crippen LogP contribution in [0.15, 0.2) is 12.2 Å². The molecular weight excluding hydrogens is 407 g/mol. The van der Waals surface area contributed by atoms with Crippen molar-refractivity contribution >= 4 is 5.91 Å². The summed E-state index contributed by atoms with van der Waals surface area (Å²) in [4.78, 5) is 14.2. The smallest absolute Gasteiger partial charge is 0.306 e. The standard InChI is InChI=1S/C22H38F3N5O/c1-29(2)10-3-4-21(31)27-14-16-13-26-20(15-5-7-17(23)8-6-15)12-18(16)19-9-11-30(28-19)22(24)25/h3-4,15-20,22,26,28H,5-14H2,1-2H3,(H,27,31)/b4-3+. The highest BCUT2D eigenvalue weighted by Gasteiger charge is 2.42. The third-order valence-electron chi connectivity index (χ3n) is 7.09. The number of likely N-dealkylation sites (N-methyl/N-ethyl adjacent to an activating group) is 1. The molecule has 0 aromatic heterocycles. The second kappa shape index (κ2) is 11.6. The summed E-state index contributed by atoms with van der Waals surface area (Å²) in [7, 11) is 3.88. The van der Waals surface area contributed by atoms with Crippen LogP contribution < -0.4 is 16.1 Å². The van der Waals surface area contributed by atoms with E-state index in [1.807, 2.05) is 25.1 Å². The van der Waals surface area contributed by atoms with Gasteiger partial charge in [0.15, 0.2) is 0 Å². The van der Waals surface area contributed by atoms with E-state index in [0.717, 1.165) is 30.8 Å². The van der Waals surface area contributed by atoms with Crippen molar-refractivity contribution < 1.29 is 18.0 Å². The maximum atomic E-state index is 13.6. The minimum atomic E-state index is -2.51. The summed E-state index contributed by atoms with van der Waals surface area (Å²) in [5.74, 6) is 0.656. The van der Waals surface area contributed by atoms with Crippen molar-refractivity contribution in [2.24, 2.45) is 17.8 Å². The van der Waals surface area contributed by atoms with Crippen molar-refractivity contribution in [2.45, 2.75) is 63.3 Å². The number of amides is 1. The largest absolute Gasteiger partial charge is 0.352 e. The summed E-state index contributed by atoms with van der Waals surface area (Å²) in [5.41, 5.74) is 3.02. The first kappa shape index (κ1) is 24.5. The molecule has 6 nitrogen and oxygen atoms in total. The van der Waals surface area contributed by atoms with E-state index in [0.29, 0.717) is 44.8 Å². The van der Waals surface area contributed by atoms with Gasteiger partial charge in [-0.05, 0) is 70.4 Å². The number of rotatable bonds is 8. The molecule has 1 amide bonds. The first-order valence-corrected chi connectivity index (χ1v) is 11.6. The second-order valence-corrected chi connectivity index (χ2v) is 9.59. The van der Waals surface area contributed by atoms with Crippen LogP contribution in [0.5, 0.6) is 0 Å². The van der Waals surface area contributed by atoms with Crippen LogP contribution in [0.25, 0.3) is 0 Å². The lowest BCUT2D eigenvalue weighted by atomic mass is 9.72. The summed E-state index contributed by atoms with van der Waals surface area (Å²) >= 11 is 0. The van der Waals surface area contributed by atoms with Gasteiger partial charge in [0, 0.05) is 44.3 Å². The molecule has 3 rings (SSSR count). The monoisotopic (exact) mass is 445 g/mol. The Bertz CT molecular complexity index is 598. The van der Waals surface area contributed by atoms with Gasteiger partial charge in [0.2, 0.25) is 5.91 Å². The Hall–Kier alpha value is -1.16. The van der Waals surface area contributed by atoms with Gasteiger partial charge in [-0.2, -0.15) is 13.8 Å². The van der Waals surface area contributed by atoms with Gasteiger partial charge < -0.3 is 15.5 Å². The van der Waals surface area contributed by atoms with Crippen molar-refractivity contribution in [2.75, 3.05) is 40.3 Å². The number of carbonyl (C=O) groups is 1. The van der Waals surface area contributed by atoms with E-state index in [1.165, 1.54) is 0 Å². The molecule has 0 radical (unpaired) electrons. The van der Waals surface area contributed by atoms with E-state index in [1.54, 1.807) is 6.08 Å². The molecule has 9 heteroatoms. The normalized spacial score (nSPS) is 35.3. The molecule has 178 valence electrons. The topological polar surface area (TPSA) is 59.6 Å². The van der Waals surface area contributed by atoms with E-state index in [9.17, 15) is 18.0 Å². The molecule has 3 N–H and O–H groups in total. The SMILES string of the molecule is CN(C)C/C=C/C(=O)NCC1CNC(C2CCC(F)CC2)CC1C1CCN(C(F)F)N1. The van der Waals surface area contributed by atoms with Gasteiger partial charge in [0.05, 0.1) is 0 Å². The average Bonchev–Trinajstić information content (AvgIpc) is 3.23. The lowest BCUT2D eigenvalue weighted by molar-refractivity contribution is -0.116. The van der Waals surface area contributed by atoms with Crippen LogP contribution in [0.3, 0.4) is 0 Å². The minimum absolute atomic E-state index is 0.0256. The van der Waals surface area contributed by atoms with Crippen LogP contribution in [0.2, 0.25) is 0 Å². The molecule has 2 aliphatic heterocycles. The molecule has 4 unspecified atom stereocenters. The number of hydrazine groups is 1. The summed E-state index contributed by atoms with van der Waals surface area (Å²) < 4.78 is 39.9. The molecule has 0 spiro atoms. The third kappa shape index (κ3) is 7.17. The lowest BCUT2D eigenvalue weighted by Crippen LogP contribution is -2.56. The molecular formula is C22H38F3N5O. The Morgan fingerprint density at radius 2 is 1.94 bits per heavy atom. The molecule has 3 aliphatic rings. The van der Waals surface area contributed by atoms with Crippen LogP contribution >= 0.6 is 0 Å². The van der Waals surface area contributed by atoms with Crippen molar-refractivity contribution in [3.8, 4) is 0 Å². The number of halogens is 3. The van der Waals surface area contributed by atoms with Gasteiger partial charge in [0.25, 0.3) is 0 Å². The first-order chi connectivity index (χ1) is 14.8. The fraction of sp³-hybridized carbons (Fsp3) is 0.864. The number of nitrogens with one attached hydrogen (secondary N) is 3. The predicted molar refractivity (Wildman–Crippen MR) is 115 cm³/mol. The number of alkyl halides is 3. The Morgan fingerprint density at radius 1 is 1.19 bits per heavy atom. The molecule has 0 bridgehead atoms. The summed E-state index contributed by atoms with van der Waals surface area (Å²) in [6, 6.07) is 0.258. The van der Waals surface area contributed by atoms with E-state index < -0.39 is 12.7 Å². The van der Waals surface area contributed by atoms with Crippen LogP contribution in [0, 0.1) is 17.8 Å². The van der Waals surface area contributed by atoms with Crippen molar-refractivity contribution in [1.29, 1.82) is 0 Å². The van der Waals surface area contributed by atoms with Gasteiger partial charge in [0.1, 0.15) is 6.17 Å². The van der Waals surface area contributed by atoms with Crippen molar-refractivity contribution in [1.82, 2.24) is 26.0 Å². The van der Waals surface area contributed by atoms with Gasteiger partial charge in [-0.15, -0.1) is 0 Å². The zero-order chi connectivity index (χ0) is 22.4. The lowest BCUT2D eigenvalue weighted by Gasteiger charge is -2.44. The number of nitrogens with zero attached hydrogens (tertiary/aromatic N) is 2. The second-order valence-electron chi connectivity index (χ2n) is 9.59. The van der Waals surface area contributed by atoms with Crippen LogP contribution in [-0.4, -0.2) is 80.9 Å². The quantitative estimate of drug-likeness (QED) is 0.395. The van der Waals surface area contributed by atoms with Crippen LogP contribution in [0.4, 0.5) is 13.2 Å². The molecule has 0 aromatic carbocycles. The summed E-state index contributed by atoms with van der Waals surface area (Å²) in [6.45, 7) is -0.239. The fourth-order valence-electron chi connectivity index (χ4n) is 5.32. The molecule has 2 saturated heterocycles. The molecule has 1 saturated carbocycles. The number of piperidine rings is 1. The minimum Gasteiger partial charge on any atom is -0.352 e. The highest BCUT2D eigenvalue weighted by atomic mass is 19.3. The predicted octanol–water partition coefficient (Wildman–Crippen LogP) is 2.14. The van der Waals surface area contributed by atoms with Crippen molar-refractivity contribution in [3.63, 3.8) is 0 Å². The zero-order valence-corrected chi connectivity index (χ0v) is 18.7. The zero-order valence-electron chi connectivity index (χ0n) is 18.7.